The first-order chi connectivity index (χ1) is 15.0. The van der Waals surface area contributed by atoms with Gasteiger partial charge in [0.1, 0.15) is 5.82 Å². The van der Waals surface area contributed by atoms with E-state index >= 15 is 0 Å². The molecule has 1 amide bonds. The number of hydrogen-bond acceptors (Lipinski definition) is 4. The summed E-state index contributed by atoms with van der Waals surface area (Å²) in [4.78, 5) is 17.2. The topological polar surface area (TPSA) is 99.0 Å². The first-order valence-electron chi connectivity index (χ1n) is 10.9. The van der Waals surface area contributed by atoms with Crippen molar-refractivity contribution in [3.05, 3.63) is 64.8 Å². The molecule has 4 aromatic rings. The van der Waals surface area contributed by atoms with Gasteiger partial charge < -0.3 is 21.4 Å². The molecule has 0 bridgehead atoms. The molecule has 0 radical (unpaired) electrons. The van der Waals surface area contributed by atoms with Crippen molar-refractivity contribution in [1.82, 2.24) is 14.9 Å². The first-order valence-corrected chi connectivity index (χ1v) is 10.9. The molecule has 158 valence electrons. The Morgan fingerprint density at radius 2 is 1.90 bits per heavy atom. The molecule has 0 aliphatic heterocycles. The maximum Gasteiger partial charge on any atom is 0.251 e. The number of aromatic nitrogens is 2. The van der Waals surface area contributed by atoms with Crippen molar-refractivity contribution in [1.29, 1.82) is 0 Å². The van der Waals surface area contributed by atoms with Crippen LogP contribution in [0.1, 0.15) is 46.9 Å². The zero-order chi connectivity index (χ0) is 21.5. The van der Waals surface area contributed by atoms with Crippen LogP contribution in [0.15, 0.2) is 42.5 Å². The van der Waals surface area contributed by atoms with Crippen LogP contribution in [0.5, 0.6) is 0 Å². The zero-order valence-electron chi connectivity index (χ0n) is 17.7. The van der Waals surface area contributed by atoms with Crippen LogP contribution >= 0.6 is 0 Å². The summed E-state index contributed by atoms with van der Waals surface area (Å²) in [6.45, 7) is 3.52. The van der Waals surface area contributed by atoms with Crippen LogP contribution in [0.25, 0.3) is 21.8 Å². The number of pyridine rings is 1. The van der Waals surface area contributed by atoms with Gasteiger partial charge >= 0.3 is 0 Å². The largest absolute Gasteiger partial charge is 0.398 e. The third-order valence-corrected chi connectivity index (χ3v) is 6.33. The summed E-state index contributed by atoms with van der Waals surface area (Å²) in [7, 11) is 0. The molecule has 0 saturated heterocycles. The summed E-state index contributed by atoms with van der Waals surface area (Å²) in [5.41, 5.74) is 18.9. The molecule has 0 unspecified atom stereocenters. The lowest BCUT2D eigenvalue weighted by atomic mass is 9.95. The van der Waals surface area contributed by atoms with E-state index in [9.17, 15) is 4.79 Å². The van der Waals surface area contributed by atoms with E-state index in [4.69, 9.17) is 11.5 Å². The number of benzene rings is 2. The van der Waals surface area contributed by atoms with E-state index in [1.54, 1.807) is 6.07 Å². The number of anilines is 2. The third kappa shape index (κ3) is 3.38. The summed E-state index contributed by atoms with van der Waals surface area (Å²) in [6.07, 6.45) is 4.76. The predicted molar refractivity (Wildman–Crippen MR) is 126 cm³/mol. The lowest BCUT2D eigenvalue weighted by Gasteiger charge is -2.14. The number of carbonyl (C=O) groups excluding carboxylic acids is 1. The fourth-order valence-electron chi connectivity index (χ4n) is 4.85. The second-order valence-corrected chi connectivity index (χ2v) is 8.28. The van der Waals surface area contributed by atoms with Gasteiger partial charge in [-0.05, 0) is 68.0 Å². The number of nitrogens with zero attached hydrogens (tertiary/aromatic N) is 2. The van der Waals surface area contributed by atoms with Crippen LogP contribution in [0.2, 0.25) is 0 Å². The van der Waals surface area contributed by atoms with Crippen LogP contribution in [0.3, 0.4) is 0 Å². The van der Waals surface area contributed by atoms with Gasteiger partial charge in [-0.1, -0.05) is 12.1 Å². The summed E-state index contributed by atoms with van der Waals surface area (Å²) in [5, 5.41) is 5.18. The average Bonchev–Trinajstić information content (AvgIpc) is 3.10. The average molecular weight is 414 g/mol. The Hall–Kier alpha value is -3.54. The van der Waals surface area contributed by atoms with Gasteiger partial charge in [-0.3, -0.25) is 4.79 Å². The predicted octanol–water partition coefficient (Wildman–Crippen LogP) is 4.18. The van der Waals surface area contributed by atoms with E-state index in [-0.39, 0.29) is 5.91 Å². The minimum Gasteiger partial charge on any atom is -0.398 e. The minimum atomic E-state index is -0.0766. The van der Waals surface area contributed by atoms with Crippen LogP contribution in [-0.2, 0) is 25.9 Å². The lowest BCUT2D eigenvalue weighted by Crippen LogP contribution is -2.22. The number of carbonyl (C=O) groups is 1. The van der Waals surface area contributed by atoms with Gasteiger partial charge in [0.2, 0.25) is 0 Å². The minimum absolute atomic E-state index is 0.0766. The van der Waals surface area contributed by atoms with Gasteiger partial charge in [-0.2, -0.15) is 0 Å². The SMILES string of the molecule is CCn1c2c(c3ccc(C(=O)NCc4ccc5nc(N)cc(N)c5c4)cc31)CCCC2. The van der Waals surface area contributed by atoms with Gasteiger partial charge in [0.05, 0.1) is 5.52 Å². The summed E-state index contributed by atoms with van der Waals surface area (Å²) in [6, 6.07) is 13.5. The smallest absolute Gasteiger partial charge is 0.251 e. The van der Waals surface area contributed by atoms with Crippen LogP contribution < -0.4 is 16.8 Å². The van der Waals surface area contributed by atoms with Gasteiger partial charge in [0.25, 0.3) is 5.91 Å². The molecule has 0 spiro atoms. The maximum absolute atomic E-state index is 12.9. The molecule has 0 fully saturated rings. The van der Waals surface area contributed by atoms with Crippen molar-refractivity contribution in [3.63, 3.8) is 0 Å². The van der Waals surface area contributed by atoms with Crippen molar-refractivity contribution >= 4 is 39.2 Å². The highest BCUT2D eigenvalue weighted by Gasteiger charge is 2.20. The molecule has 0 saturated carbocycles. The molecule has 2 heterocycles. The first kappa shape index (κ1) is 19.4. The fraction of sp³-hybridized carbons (Fsp3) is 0.280. The number of aryl methyl sites for hydroxylation is 2. The van der Waals surface area contributed by atoms with Gasteiger partial charge in [-0.15, -0.1) is 0 Å². The number of nitrogens with one attached hydrogen (secondary N) is 1. The third-order valence-electron chi connectivity index (χ3n) is 6.33. The Bertz CT molecular complexity index is 1320. The molecular weight excluding hydrogens is 386 g/mol. The Labute approximate surface area is 181 Å². The lowest BCUT2D eigenvalue weighted by molar-refractivity contribution is 0.0951. The number of nitrogens with two attached hydrogens (primary N) is 2. The normalized spacial score (nSPS) is 13.5. The Morgan fingerprint density at radius 1 is 1.06 bits per heavy atom. The Balaban J connectivity index is 1.40. The molecule has 2 aromatic heterocycles. The van der Waals surface area contributed by atoms with Crippen LogP contribution in [0, 0.1) is 0 Å². The molecule has 6 nitrogen and oxygen atoms in total. The maximum atomic E-state index is 12.9. The molecule has 5 rings (SSSR count). The van der Waals surface area contributed by atoms with Crippen molar-refractivity contribution < 1.29 is 4.79 Å². The van der Waals surface area contributed by atoms with Gasteiger partial charge in [0.15, 0.2) is 0 Å². The highest BCUT2D eigenvalue weighted by Crippen LogP contribution is 2.32. The summed E-state index contributed by atoms with van der Waals surface area (Å²) < 4.78 is 2.38. The van der Waals surface area contributed by atoms with Crippen molar-refractivity contribution in [2.45, 2.75) is 45.7 Å². The molecule has 0 atom stereocenters. The van der Waals surface area contributed by atoms with E-state index in [1.165, 1.54) is 35.0 Å². The standard InChI is InChI=1S/C25H27N5O/c1-2-30-22-6-4-3-5-17(22)18-9-8-16(12-23(18)30)25(31)28-14-15-7-10-21-19(11-15)20(26)13-24(27)29-21/h7-13H,2-6,14H2,1H3,(H,28,31)(H4,26,27,29). The van der Waals surface area contributed by atoms with Gasteiger partial charge in [0, 0.05) is 52.4 Å². The number of amides is 1. The van der Waals surface area contributed by atoms with Crippen LogP contribution in [-0.4, -0.2) is 15.5 Å². The molecule has 1 aliphatic carbocycles. The molecule has 31 heavy (non-hydrogen) atoms. The van der Waals surface area contributed by atoms with Crippen molar-refractivity contribution in [3.8, 4) is 0 Å². The number of nitrogen functional groups attached to an aromatic ring is 2. The van der Waals surface area contributed by atoms with E-state index in [1.807, 2.05) is 30.3 Å². The Kier molecular flexibility index (Phi) is 4.77. The van der Waals surface area contributed by atoms with E-state index in [2.05, 4.69) is 27.9 Å². The summed E-state index contributed by atoms with van der Waals surface area (Å²) in [5.74, 6) is 0.326. The highest BCUT2D eigenvalue weighted by atomic mass is 16.1. The van der Waals surface area contributed by atoms with Gasteiger partial charge in [-0.25, -0.2) is 4.98 Å². The second-order valence-electron chi connectivity index (χ2n) is 8.28. The molecule has 6 heteroatoms. The number of hydrogen-bond donors (Lipinski definition) is 3. The zero-order valence-corrected chi connectivity index (χ0v) is 17.7. The van der Waals surface area contributed by atoms with E-state index in [0.717, 1.165) is 35.9 Å². The monoisotopic (exact) mass is 413 g/mol. The summed E-state index contributed by atoms with van der Waals surface area (Å²) >= 11 is 0. The fourth-order valence-corrected chi connectivity index (χ4v) is 4.85. The van der Waals surface area contributed by atoms with Crippen molar-refractivity contribution in [2.24, 2.45) is 0 Å². The molecule has 2 aromatic carbocycles. The Morgan fingerprint density at radius 3 is 2.74 bits per heavy atom. The quantitative estimate of drug-likeness (QED) is 0.467. The number of fused-ring (bicyclic) bond motifs is 4. The van der Waals surface area contributed by atoms with E-state index in [0.29, 0.717) is 23.6 Å². The van der Waals surface area contributed by atoms with E-state index < -0.39 is 0 Å². The molecule has 5 N–H and O–H groups in total. The highest BCUT2D eigenvalue weighted by molar-refractivity contribution is 5.99. The number of rotatable bonds is 4. The molecular formula is C25H27N5O. The van der Waals surface area contributed by atoms with Crippen molar-refractivity contribution in [2.75, 3.05) is 11.5 Å². The van der Waals surface area contributed by atoms with Crippen LogP contribution in [0.4, 0.5) is 11.5 Å². The second kappa shape index (κ2) is 7.61. The molecule has 1 aliphatic rings.